The molecule has 0 heterocycles. The molecule has 1 N–H and O–H groups in total. The predicted octanol–water partition coefficient (Wildman–Crippen LogP) is 3.05. The first-order chi connectivity index (χ1) is 8.33. The molecule has 0 spiro atoms. The van der Waals surface area contributed by atoms with Crippen molar-refractivity contribution >= 4 is 24.0 Å². The lowest BCUT2D eigenvalue weighted by molar-refractivity contribution is -0.104. The van der Waals surface area contributed by atoms with E-state index in [9.17, 15) is 9.59 Å². The maximum Gasteiger partial charge on any atom is 0.412 e. The van der Waals surface area contributed by atoms with E-state index in [1.807, 2.05) is 0 Å². The maximum absolute atomic E-state index is 11.6. The van der Waals surface area contributed by atoms with Gasteiger partial charge in [0.1, 0.15) is 5.60 Å². The van der Waals surface area contributed by atoms with Crippen molar-refractivity contribution in [3.8, 4) is 0 Å². The van der Waals surface area contributed by atoms with Crippen molar-refractivity contribution in [2.45, 2.75) is 32.8 Å². The molecule has 0 atom stereocenters. The number of halogens is 1. The van der Waals surface area contributed by atoms with Crippen molar-refractivity contribution in [1.82, 2.24) is 5.32 Å². The van der Waals surface area contributed by atoms with Crippen LogP contribution in [0.15, 0.2) is 34.5 Å². The van der Waals surface area contributed by atoms with Crippen LogP contribution in [-0.2, 0) is 9.53 Å². The Hall–Kier alpha value is -1.55. The molecule has 0 aromatic carbocycles. The topological polar surface area (TPSA) is 55.4 Å². The van der Waals surface area contributed by atoms with Crippen LogP contribution in [0, 0.1) is 0 Å². The van der Waals surface area contributed by atoms with E-state index in [1.54, 1.807) is 39.0 Å². The van der Waals surface area contributed by atoms with Crippen LogP contribution >= 0.6 is 11.6 Å². The van der Waals surface area contributed by atoms with Gasteiger partial charge in [-0.25, -0.2) is 4.79 Å². The van der Waals surface area contributed by atoms with Gasteiger partial charge in [0.25, 0.3) is 0 Å². The number of alkyl carbamates (subject to hydrolysis) is 1. The van der Waals surface area contributed by atoms with Crippen LogP contribution in [-0.4, -0.2) is 18.0 Å². The molecule has 0 bridgehead atoms. The highest BCUT2D eigenvalue weighted by Crippen LogP contribution is 2.21. The molecule has 1 amide bonds. The van der Waals surface area contributed by atoms with Gasteiger partial charge in [-0.1, -0.05) is 23.8 Å². The fourth-order valence-corrected chi connectivity index (χ4v) is 1.57. The summed E-state index contributed by atoms with van der Waals surface area (Å²) in [5.74, 6) is 0. The minimum atomic E-state index is -0.618. The normalized spacial score (nSPS) is 15.9. The molecule has 0 aromatic rings. The third-order valence-electron chi connectivity index (χ3n) is 2.03. The second kappa shape index (κ2) is 5.87. The van der Waals surface area contributed by atoms with E-state index in [-0.39, 0.29) is 5.57 Å². The summed E-state index contributed by atoms with van der Waals surface area (Å²) in [5.41, 5.74) is 0.0191. The summed E-state index contributed by atoms with van der Waals surface area (Å²) in [6.07, 6.45) is 5.61. The van der Waals surface area contributed by atoms with Crippen molar-refractivity contribution in [1.29, 1.82) is 0 Å². The second-order valence-electron chi connectivity index (χ2n) is 4.78. The van der Waals surface area contributed by atoms with Gasteiger partial charge in [0.15, 0.2) is 6.29 Å². The van der Waals surface area contributed by atoms with Gasteiger partial charge in [0, 0.05) is 11.5 Å². The number of aldehydes is 1. The molecule has 0 fully saturated rings. The van der Waals surface area contributed by atoms with Crippen LogP contribution in [0.3, 0.4) is 0 Å². The first-order valence-electron chi connectivity index (χ1n) is 5.54. The molecule has 98 valence electrons. The highest BCUT2D eigenvalue weighted by atomic mass is 35.5. The van der Waals surface area contributed by atoms with Crippen LogP contribution in [0.2, 0.25) is 0 Å². The zero-order chi connectivity index (χ0) is 13.8. The quantitative estimate of drug-likeness (QED) is 0.784. The van der Waals surface area contributed by atoms with E-state index < -0.39 is 11.7 Å². The SMILES string of the molecule is CC(C)(C)OC(=O)NC1=CC=CCC(Cl)=C1C=O. The smallest absolute Gasteiger partial charge is 0.412 e. The Balaban J connectivity index is 2.85. The largest absolute Gasteiger partial charge is 0.444 e. The molecular formula is C13H16ClNO3. The minimum Gasteiger partial charge on any atom is -0.444 e. The average Bonchev–Trinajstić information content (AvgIpc) is 2.37. The lowest BCUT2D eigenvalue weighted by Gasteiger charge is -2.20. The fraction of sp³-hybridized carbons (Fsp3) is 0.385. The summed E-state index contributed by atoms with van der Waals surface area (Å²) in [7, 11) is 0. The number of hydrogen-bond donors (Lipinski definition) is 1. The van der Waals surface area contributed by atoms with Crippen LogP contribution in [0.5, 0.6) is 0 Å². The Kier molecular flexibility index (Phi) is 4.73. The van der Waals surface area contributed by atoms with Crippen molar-refractivity contribution in [3.05, 3.63) is 34.5 Å². The number of hydrogen-bond acceptors (Lipinski definition) is 3. The van der Waals surface area contributed by atoms with Gasteiger partial charge in [0.05, 0.1) is 11.3 Å². The first kappa shape index (κ1) is 14.5. The maximum atomic E-state index is 11.6. The molecule has 0 aromatic heterocycles. The number of nitrogens with one attached hydrogen (secondary N) is 1. The van der Waals surface area contributed by atoms with Gasteiger partial charge < -0.3 is 4.74 Å². The monoisotopic (exact) mass is 269 g/mol. The Morgan fingerprint density at radius 3 is 2.72 bits per heavy atom. The Bertz CT molecular complexity index is 442. The summed E-state index contributed by atoms with van der Waals surface area (Å²) in [4.78, 5) is 22.6. The summed E-state index contributed by atoms with van der Waals surface area (Å²) in [6, 6.07) is 0. The molecule has 0 radical (unpaired) electrons. The van der Waals surface area contributed by atoms with E-state index in [2.05, 4.69) is 5.32 Å². The van der Waals surface area contributed by atoms with Crippen LogP contribution in [0.4, 0.5) is 4.79 Å². The van der Waals surface area contributed by atoms with Crippen molar-refractivity contribution in [2.75, 3.05) is 0 Å². The number of allylic oxidation sites excluding steroid dienone is 5. The molecule has 1 aliphatic rings. The number of rotatable bonds is 2. The van der Waals surface area contributed by atoms with Crippen molar-refractivity contribution in [3.63, 3.8) is 0 Å². The standard InChI is InChI=1S/C13H16ClNO3/c1-13(2,3)18-12(17)15-11-7-5-4-6-10(14)9(11)8-16/h4-5,7-8H,6H2,1-3H3,(H,15,17). The number of carbonyl (C=O) groups is 2. The van der Waals surface area contributed by atoms with Crippen LogP contribution in [0.1, 0.15) is 27.2 Å². The van der Waals surface area contributed by atoms with Crippen molar-refractivity contribution < 1.29 is 14.3 Å². The first-order valence-corrected chi connectivity index (χ1v) is 5.92. The van der Waals surface area contributed by atoms with Gasteiger partial charge in [0.2, 0.25) is 0 Å². The minimum absolute atomic E-state index is 0.271. The summed E-state index contributed by atoms with van der Waals surface area (Å²) >= 11 is 5.96. The van der Waals surface area contributed by atoms with E-state index in [1.165, 1.54) is 0 Å². The predicted molar refractivity (Wildman–Crippen MR) is 70.2 cm³/mol. The van der Waals surface area contributed by atoms with E-state index in [0.717, 1.165) is 0 Å². The van der Waals surface area contributed by atoms with Gasteiger partial charge >= 0.3 is 6.09 Å². The third kappa shape index (κ3) is 4.37. The number of amides is 1. The summed E-state index contributed by atoms with van der Waals surface area (Å²) in [6.45, 7) is 5.28. The van der Waals surface area contributed by atoms with Gasteiger partial charge in [-0.15, -0.1) is 0 Å². The van der Waals surface area contributed by atoms with E-state index in [0.29, 0.717) is 23.4 Å². The van der Waals surface area contributed by atoms with Gasteiger partial charge in [-0.3, -0.25) is 10.1 Å². The zero-order valence-corrected chi connectivity index (χ0v) is 11.4. The summed E-state index contributed by atoms with van der Waals surface area (Å²) in [5, 5.41) is 2.91. The molecule has 4 nitrogen and oxygen atoms in total. The molecule has 18 heavy (non-hydrogen) atoms. The Morgan fingerprint density at radius 1 is 1.50 bits per heavy atom. The highest BCUT2D eigenvalue weighted by molar-refractivity contribution is 6.31. The van der Waals surface area contributed by atoms with E-state index in [4.69, 9.17) is 16.3 Å². The Labute approximate surface area is 111 Å². The number of carbonyl (C=O) groups excluding carboxylic acids is 2. The van der Waals surface area contributed by atoms with Crippen molar-refractivity contribution in [2.24, 2.45) is 0 Å². The fourth-order valence-electron chi connectivity index (χ4n) is 1.33. The number of ether oxygens (including phenoxy) is 1. The zero-order valence-electron chi connectivity index (χ0n) is 10.6. The molecule has 0 saturated heterocycles. The molecule has 0 unspecified atom stereocenters. The summed E-state index contributed by atoms with van der Waals surface area (Å²) < 4.78 is 5.11. The molecule has 1 rings (SSSR count). The third-order valence-corrected chi connectivity index (χ3v) is 2.39. The second-order valence-corrected chi connectivity index (χ2v) is 5.23. The Morgan fingerprint density at radius 2 is 2.17 bits per heavy atom. The molecule has 5 heteroatoms. The van der Waals surface area contributed by atoms with Gasteiger partial charge in [-0.2, -0.15) is 0 Å². The highest BCUT2D eigenvalue weighted by Gasteiger charge is 2.19. The lowest BCUT2D eigenvalue weighted by atomic mass is 10.2. The van der Waals surface area contributed by atoms with Crippen LogP contribution in [0.25, 0.3) is 0 Å². The molecule has 1 aliphatic carbocycles. The average molecular weight is 270 g/mol. The van der Waals surface area contributed by atoms with Gasteiger partial charge in [-0.05, 0) is 26.8 Å². The molecule has 0 aliphatic heterocycles. The van der Waals surface area contributed by atoms with Crippen LogP contribution < -0.4 is 5.32 Å². The van der Waals surface area contributed by atoms with E-state index >= 15 is 0 Å². The molecule has 0 saturated carbocycles. The lowest BCUT2D eigenvalue weighted by Crippen LogP contribution is -2.32. The molecular weight excluding hydrogens is 254 g/mol.